The monoisotopic (exact) mass is 222 g/mol. The summed E-state index contributed by atoms with van der Waals surface area (Å²) in [6, 6.07) is 1.72. The molecule has 1 aromatic rings. The van der Waals surface area contributed by atoms with Gasteiger partial charge in [0.05, 0.1) is 20.8 Å². The number of rotatable bonds is 2. The van der Waals surface area contributed by atoms with Gasteiger partial charge in [0.2, 0.25) is 0 Å². The molecule has 0 spiro atoms. The lowest BCUT2D eigenvalue weighted by Crippen LogP contribution is -2.17. The zero-order valence-corrected chi connectivity index (χ0v) is 9.62. The Labute approximate surface area is 94.1 Å². The van der Waals surface area contributed by atoms with Gasteiger partial charge in [0, 0.05) is 18.1 Å². The number of hydrogen-bond donors (Lipinski definition) is 0. The number of Topliss-reactive ketones (excluding diaryl/α,β-unsaturated/α-hetero) is 1. The van der Waals surface area contributed by atoms with Gasteiger partial charge in [0.15, 0.2) is 5.78 Å². The number of ether oxygens (including phenoxy) is 3. The van der Waals surface area contributed by atoms with Crippen molar-refractivity contribution in [3.8, 4) is 17.2 Å². The van der Waals surface area contributed by atoms with Crippen LogP contribution < -0.4 is 14.2 Å². The second-order valence-electron chi connectivity index (χ2n) is 3.63. The lowest BCUT2D eigenvalue weighted by atomic mass is 10.00. The second-order valence-corrected chi connectivity index (χ2v) is 3.63. The quantitative estimate of drug-likeness (QED) is 0.767. The second kappa shape index (κ2) is 4.04. The SMILES string of the molecule is COc1cc(OC)c2c(c1C)OCCC2=O. The standard InChI is InChI=1S/C12H14O4/c1-7-9(14-2)6-10(15-3)11-8(13)4-5-16-12(7)11/h6H,4-5H2,1-3H3. The van der Waals surface area contributed by atoms with Crippen LogP contribution in [0.5, 0.6) is 17.2 Å². The van der Waals surface area contributed by atoms with Crippen LogP contribution in [0.2, 0.25) is 0 Å². The molecule has 0 fully saturated rings. The number of carbonyl (C=O) groups is 1. The highest BCUT2D eigenvalue weighted by molar-refractivity contribution is 6.03. The number of hydrogen-bond acceptors (Lipinski definition) is 4. The molecule has 0 aromatic heterocycles. The molecule has 1 heterocycles. The zero-order chi connectivity index (χ0) is 11.7. The predicted octanol–water partition coefficient (Wildman–Crippen LogP) is 1.98. The summed E-state index contributed by atoms with van der Waals surface area (Å²) in [6.45, 7) is 2.29. The fourth-order valence-electron chi connectivity index (χ4n) is 1.90. The van der Waals surface area contributed by atoms with Gasteiger partial charge in [-0.15, -0.1) is 0 Å². The topological polar surface area (TPSA) is 44.8 Å². The van der Waals surface area contributed by atoms with E-state index in [0.717, 1.165) is 5.56 Å². The lowest BCUT2D eigenvalue weighted by molar-refractivity contribution is 0.0928. The van der Waals surface area contributed by atoms with Crippen molar-refractivity contribution < 1.29 is 19.0 Å². The summed E-state index contributed by atoms with van der Waals surface area (Å²) >= 11 is 0. The van der Waals surface area contributed by atoms with E-state index in [1.807, 2.05) is 6.92 Å². The molecule has 0 N–H and O–H groups in total. The molecule has 4 nitrogen and oxygen atoms in total. The molecule has 0 unspecified atom stereocenters. The number of carbonyl (C=O) groups excluding carboxylic acids is 1. The minimum atomic E-state index is 0.0591. The summed E-state index contributed by atoms with van der Waals surface area (Å²) in [7, 11) is 3.12. The normalized spacial score (nSPS) is 14.1. The molecule has 0 radical (unpaired) electrons. The van der Waals surface area contributed by atoms with Crippen LogP contribution in [0.1, 0.15) is 22.3 Å². The zero-order valence-electron chi connectivity index (χ0n) is 9.62. The molecular weight excluding hydrogens is 208 g/mol. The Balaban J connectivity index is 2.68. The molecule has 0 saturated carbocycles. The molecule has 4 heteroatoms. The van der Waals surface area contributed by atoms with Crippen LogP contribution in [0.25, 0.3) is 0 Å². The summed E-state index contributed by atoms with van der Waals surface area (Å²) < 4.78 is 15.9. The molecule has 86 valence electrons. The van der Waals surface area contributed by atoms with E-state index in [0.29, 0.717) is 35.8 Å². The first-order valence-corrected chi connectivity index (χ1v) is 5.10. The van der Waals surface area contributed by atoms with Crippen molar-refractivity contribution in [2.45, 2.75) is 13.3 Å². The molecule has 2 rings (SSSR count). The lowest BCUT2D eigenvalue weighted by Gasteiger charge is -2.22. The van der Waals surface area contributed by atoms with Crippen LogP contribution in [0, 0.1) is 6.92 Å². The smallest absolute Gasteiger partial charge is 0.173 e. The third-order valence-electron chi connectivity index (χ3n) is 2.74. The van der Waals surface area contributed by atoms with E-state index in [-0.39, 0.29) is 5.78 Å². The van der Waals surface area contributed by atoms with Crippen LogP contribution in [-0.2, 0) is 0 Å². The summed E-state index contributed by atoms with van der Waals surface area (Å²) in [5.74, 6) is 1.84. The molecule has 0 atom stereocenters. The molecule has 0 bridgehead atoms. The largest absolute Gasteiger partial charge is 0.496 e. The average molecular weight is 222 g/mol. The van der Waals surface area contributed by atoms with Gasteiger partial charge in [-0.3, -0.25) is 4.79 Å². The number of methoxy groups -OCH3 is 2. The molecule has 1 aliphatic rings. The number of benzene rings is 1. The summed E-state index contributed by atoms with van der Waals surface area (Å²) in [5.41, 5.74) is 1.37. The van der Waals surface area contributed by atoms with E-state index in [9.17, 15) is 4.79 Å². The Morgan fingerprint density at radius 3 is 2.56 bits per heavy atom. The van der Waals surface area contributed by atoms with Gasteiger partial charge >= 0.3 is 0 Å². The molecule has 16 heavy (non-hydrogen) atoms. The Bertz CT molecular complexity index is 437. The predicted molar refractivity (Wildman–Crippen MR) is 58.7 cm³/mol. The molecule has 0 amide bonds. The van der Waals surface area contributed by atoms with Crippen molar-refractivity contribution in [1.29, 1.82) is 0 Å². The van der Waals surface area contributed by atoms with Crippen molar-refractivity contribution in [1.82, 2.24) is 0 Å². The summed E-state index contributed by atoms with van der Waals surface area (Å²) in [5, 5.41) is 0. The molecule has 1 aliphatic heterocycles. The van der Waals surface area contributed by atoms with Crippen molar-refractivity contribution in [2.75, 3.05) is 20.8 Å². The highest BCUT2D eigenvalue weighted by Crippen LogP contribution is 2.41. The van der Waals surface area contributed by atoms with Gasteiger partial charge in [-0.2, -0.15) is 0 Å². The van der Waals surface area contributed by atoms with E-state index < -0.39 is 0 Å². The Kier molecular flexibility index (Phi) is 2.73. The minimum Gasteiger partial charge on any atom is -0.496 e. The highest BCUT2D eigenvalue weighted by atomic mass is 16.5. The van der Waals surface area contributed by atoms with Gasteiger partial charge in [-0.05, 0) is 6.92 Å². The molecule has 0 saturated heterocycles. The van der Waals surface area contributed by atoms with Gasteiger partial charge in [0.1, 0.15) is 22.8 Å². The fourth-order valence-corrected chi connectivity index (χ4v) is 1.90. The van der Waals surface area contributed by atoms with Crippen molar-refractivity contribution in [2.24, 2.45) is 0 Å². The average Bonchev–Trinajstić information content (AvgIpc) is 2.30. The van der Waals surface area contributed by atoms with Crippen molar-refractivity contribution in [3.63, 3.8) is 0 Å². The first kappa shape index (κ1) is 10.8. The van der Waals surface area contributed by atoms with E-state index in [1.54, 1.807) is 13.2 Å². The van der Waals surface area contributed by atoms with Crippen LogP contribution in [0.3, 0.4) is 0 Å². The summed E-state index contributed by atoms with van der Waals surface area (Å²) in [4.78, 5) is 11.8. The third-order valence-corrected chi connectivity index (χ3v) is 2.74. The maximum atomic E-state index is 11.8. The van der Waals surface area contributed by atoms with Crippen LogP contribution >= 0.6 is 0 Å². The maximum absolute atomic E-state index is 11.8. The van der Waals surface area contributed by atoms with Crippen LogP contribution in [0.4, 0.5) is 0 Å². The van der Waals surface area contributed by atoms with Crippen molar-refractivity contribution in [3.05, 3.63) is 17.2 Å². The molecule has 0 aliphatic carbocycles. The van der Waals surface area contributed by atoms with E-state index in [4.69, 9.17) is 14.2 Å². The fraction of sp³-hybridized carbons (Fsp3) is 0.417. The first-order valence-electron chi connectivity index (χ1n) is 5.10. The Morgan fingerprint density at radius 2 is 1.94 bits per heavy atom. The maximum Gasteiger partial charge on any atom is 0.173 e. The van der Waals surface area contributed by atoms with Crippen LogP contribution in [0.15, 0.2) is 6.07 Å². The Hall–Kier alpha value is -1.71. The minimum absolute atomic E-state index is 0.0591. The van der Waals surface area contributed by atoms with Gasteiger partial charge < -0.3 is 14.2 Å². The highest BCUT2D eigenvalue weighted by Gasteiger charge is 2.26. The van der Waals surface area contributed by atoms with Gasteiger partial charge in [0.25, 0.3) is 0 Å². The molecule has 1 aromatic carbocycles. The van der Waals surface area contributed by atoms with Crippen LogP contribution in [-0.4, -0.2) is 26.6 Å². The van der Waals surface area contributed by atoms with Gasteiger partial charge in [-0.1, -0.05) is 0 Å². The summed E-state index contributed by atoms with van der Waals surface area (Å²) in [6.07, 6.45) is 0.398. The van der Waals surface area contributed by atoms with E-state index in [2.05, 4.69) is 0 Å². The van der Waals surface area contributed by atoms with Gasteiger partial charge in [-0.25, -0.2) is 0 Å². The number of fused-ring (bicyclic) bond motifs is 1. The molecular formula is C12H14O4. The van der Waals surface area contributed by atoms with Crippen molar-refractivity contribution >= 4 is 5.78 Å². The first-order chi connectivity index (χ1) is 7.69. The third kappa shape index (κ3) is 1.50. The van der Waals surface area contributed by atoms with E-state index in [1.165, 1.54) is 7.11 Å². The Morgan fingerprint density at radius 1 is 1.25 bits per heavy atom. The number of ketones is 1. The van der Waals surface area contributed by atoms with E-state index >= 15 is 0 Å².